The summed E-state index contributed by atoms with van der Waals surface area (Å²) in [5, 5.41) is 12.6. The highest BCUT2D eigenvalue weighted by atomic mass is 16.3. The van der Waals surface area contributed by atoms with Crippen molar-refractivity contribution in [1.82, 2.24) is 5.32 Å². The minimum absolute atomic E-state index is 0.0678. The molecule has 2 rings (SSSR count). The molecule has 20 heavy (non-hydrogen) atoms. The van der Waals surface area contributed by atoms with Crippen molar-refractivity contribution in [2.45, 2.75) is 39.5 Å². The van der Waals surface area contributed by atoms with Crippen molar-refractivity contribution in [3.63, 3.8) is 0 Å². The minimum atomic E-state index is -0.0678. The fourth-order valence-corrected chi connectivity index (χ4v) is 2.22. The van der Waals surface area contributed by atoms with Crippen LogP contribution in [0.15, 0.2) is 48.5 Å². The van der Waals surface area contributed by atoms with E-state index in [0.29, 0.717) is 0 Å². The summed E-state index contributed by atoms with van der Waals surface area (Å²) in [4.78, 5) is 0. The zero-order valence-electron chi connectivity index (χ0n) is 12.5. The van der Waals surface area contributed by atoms with Crippen LogP contribution in [0.25, 0.3) is 0 Å². The van der Waals surface area contributed by atoms with E-state index in [2.05, 4.69) is 62.5 Å². The van der Waals surface area contributed by atoms with E-state index in [4.69, 9.17) is 5.11 Å². The van der Waals surface area contributed by atoms with Gasteiger partial charge >= 0.3 is 0 Å². The lowest BCUT2D eigenvalue weighted by Gasteiger charge is -2.27. The molecule has 0 spiro atoms. The first-order chi connectivity index (χ1) is 9.51. The molecule has 0 atom stereocenters. The molecular formula is C18H23NO. The fraction of sp³-hybridized carbons (Fsp3) is 0.333. The van der Waals surface area contributed by atoms with Crippen LogP contribution in [0.2, 0.25) is 0 Å². The van der Waals surface area contributed by atoms with Crippen LogP contribution in [0, 0.1) is 6.92 Å². The molecule has 0 saturated carbocycles. The van der Waals surface area contributed by atoms with E-state index in [1.54, 1.807) is 0 Å². The highest BCUT2D eigenvalue weighted by Gasteiger charge is 2.19. The van der Waals surface area contributed by atoms with Gasteiger partial charge in [-0.2, -0.15) is 0 Å². The number of aryl methyl sites for hydroxylation is 1. The Kier molecular flexibility index (Phi) is 4.58. The van der Waals surface area contributed by atoms with Crippen molar-refractivity contribution in [1.29, 1.82) is 0 Å². The maximum atomic E-state index is 9.05. The van der Waals surface area contributed by atoms with Gasteiger partial charge in [0, 0.05) is 12.1 Å². The van der Waals surface area contributed by atoms with Gasteiger partial charge in [-0.25, -0.2) is 0 Å². The van der Waals surface area contributed by atoms with Gasteiger partial charge < -0.3 is 10.4 Å². The van der Waals surface area contributed by atoms with Crippen LogP contribution in [-0.2, 0) is 18.7 Å². The van der Waals surface area contributed by atoms with E-state index in [-0.39, 0.29) is 12.1 Å². The number of aliphatic hydroxyl groups is 1. The maximum absolute atomic E-state index is 9.05. The van der Waals surface area contributed by atoms with Gasteiger partial charge in [-0.3, -0.25) is 0 Å². The molecule has 0 aliphatic carbocycles. The Morgan fingerprint density at radius 3 is 2.25 bits per heavy atom. The number of hydrogen-bond donors (Lipinski definition) is 2. The van der Waals surface area contributed by atoms with E-state index in [0.717, 1.165) is 12.1 Å². The SMILES string of the molecule is Cc1cccc(C(C)(C)NCc2ccc(CO)cc2)c1. The van der Waals surface area contributed by atoms with E-state index in [1.807, 2.05) is 12.1 Å². The lowest BCUT2D eigenvalue weighted by Crippen LogP contribution is -2.36. The Hall–Kier alpha value is -1.64. The molecule has 0 bridgehead atoms. The molecule has 0 aromatic heterocycles. The van der Waals surface area contributed by atoms with Crippen molar-refractivity contribution in [3.8, 4) is 0 Å². The molecular weight excluding hydrogens is 246 g/mol. The highest BCUT2D eigenvalue weighted by molar-refractivity contribution is 5.28. The quantitative estimate of drug-likeness (QED) is 0.870. The van der Waals surface area contributed by atoms with Crippen LogP contribution in [0.1, 0.15) is 36.1 Å². The predicted molar refractivity (Wildman–Crippen MR) is 83.4 cm³/mol. The Bertz CT molecular complexity index is 558. The average molecular weight is 269 g/mol. The van der Waals surface area contributed by atoms with Crippen molar-refractivity contribution in [2.75, 3.05) is 0 Å². The molecule has 2 heteroatoms. The van der Waals surface area contributed by atoms with Crippen LogP contribution in [0.5, 0.6) is 0 Å². The second-order valence-corrected chi connectivity index (χ2v) is 5.82. The number of aliphatic hydroxyl groups excluding tert-OH is 1. The molecule has 2 nitrogen and oxygen atoms in total. The minimum Gasteiger partial charge on any atom is -0.392 e. The first kappa shape index (κ1) is 14.8. The molecule has 106 valence electrons. The molecule has 0 aliphatic rings. The van der Waals surface area contributed by atoms with Crippen LogP contribution in [0.4, 0.5) is 0 Å². The zero-order valence-corrected chi connectivity index (χ0v) is 12.5. The van der Waals surface area contributed by atoms with Gasteiger partial charge in [0.1, 0.15) is 0 Å². The third-order valence-electron chi connectivity index (χ3n) is 3.68. The summed E-state index contributed by atoms with van der Waals surface area (Å²) in [5.74, 6) is 0. The summed E-state index contributed by atoms with van der Waals surface area (Å²) in [6, 6.07) is 16.7. The zero-order chi connectivity index (χ0) is 14.6. The van der Waals surface area contributed by atoms with Crippen molar-refractivity contribution < 1.29 is 5.11 Å². The molecule has 2 N–H and O–H groups in total. The van der Waals surface area contributed by atoms with Gasteiger partial charge in [-0.05, 0) is 37.5 Å². The summed E-state index contributed by atoms with van der Waals surface area (Å²) >= 11 is 0. The summed E-state index contributed by atoms with van der Waals surface area (Å²) in [7, 11) is 0. The van der Waals surface area contributed by atoms with E-state index < -0.39 is 0 Å². The molecule has 2 aromatic rings. The normalized spacial score (nSPS) is 11.6. The van der Waals surface area contributed by atoms with Crippen molar-refractivity contribution in [3.05, 3.63) is 70.8 Å². The average Bonchev–Trinajstić information content (AvgIpc) is 2.46. The summed E-state index contributed by atoms with van der Waals surface area (Å²) in [5.41, 5.74) is 4.69. The number of nitrogens with one attached hydrogen (secondary N) is 1. The smallest absolute Gasteiger partial charge is 0.0681 e. The molecule has 0 unspecified atom stereocenters. The van der Waals surface area contributed by atoms with Crippen LogP contribution in [0.3, 0.4) is 0 Å². The molecule has 0 radical (unpaired) electrons. The molecule has 2 aromatic carbocycles. The molecule has 0 saturated heterocycles. The Morgan fingerprint density at radius 2 is 1.65 bits per heavy atom. The van der Waals surface area contributed by atoms with Gasteiger partial charge in [0.05, 0.1) is 6.61 Å². The van der Waals surface area contributed by atoms with Gasteiger partial charge in [0.15, 0.2) is 0 Å². The first-order valence-corrected chi connectivity index (χ1v) is 7.02. The van der Waals surface area contributed by atoms with Gasteiger partial charge in [0.2, 0.25) is 0 Å². The Balaban J connectivity index is 2.04. The number of benzene rings is 2. The van der Waals surface area contributed by atoms with Crippen LogP contribution in [-0.4, -0.2) is 5.11 Å². The second-order valence-electron chi connectivity index (χ2n) is 5.82. The lowest BCUT2D eigenvalue weighted by molar-refractivity contribution is 0.282. The van der Waals surface area contributed by atoms with Gasteiger partial charge in [-0.15, -0.1) is 0 Å². The standard InChI is InChI=1S/C18H23NO/c1-14-5-4-6-17(11-14)18(2,3)19-12-15-7-9-16(13-20)10-8-15/h4-11,19-20H,12-13H2,1-3H3. The third-order valence-corrected chi connectivity index (χ3v) is 3.68. The van der Waals surface area contributed by atoms with Crippen molar-refractivity contribution >= 4 is 0 Å². The molecule has 0 aliphatic heterocycles. The fourth-order valence-electron chi connectivity index (χ4n) is 2.22. The summed E-state index contributed by atoms with van der Waals surface area (Å²) < 4.78 is 0. The first-order valence-electron chi connectivity index (χ1n) is 7.02. The lowest BCUT2D eigenvalue weighted by atomic mass is 9.92. The van der Waals surface area contributed by atoms with Gasteiger partial charge in [0.25, 0.3) is 0 Å². The number of hydrogen-bond acceptors (Lipinski definition) is 2. The van der Waals surface area contributed by atoms with E-state index in [1.165, 1.54) is 16.7 Å². The van der Waals surface area contributed by atoms with E-state index in [9.17, 15) is 0 Å². The van der Waals surface area contributed by atoms with Crippen LogP contribution < -0.4 is 5.32 Å². The van der Waals surface area contributed by atoms with E-state index >= 15 is 0 Å². The molecule has 0 amide bonds. The monoisotopic (exact) mass is 269 g/mol. The van der Waals surface area contributed by atoms with Crippen molar-refractivity contribution in [2.24, 2.45) is 0 Å². The highest BCUT2D eigenvalue weighted by Crippen LogP contribution is 2.21. The summed E-state index contributed by atoms with van der Waals surface area (Å²) in [6.07, 6.45) is 0. The molecule has 0 heterocycles. The Labute approximate surface area is 121 Å². The maximum Gasteiger partial charge on any atom is 0.0681 e. The summed E-state index contributed by atoms with van der Waals surface area (Å²) in [6.45, 7) is 7.43. The largest absolute Gasteiger partial charge is 0.392 e. The predicted octanol–water partition coefficient (Wildman–Crippen LogP) is 3.51. The van der Waals surface area contributed by atoms with Gasteiger partial charge in [-0.1, -0.05) is 54.1 Å². The Morgan fingerprint density at radius 1 is 1.00 bits per heavy atom. The second kappa shape index (κ2) is 6.21. The van der Waals surface area contributed by atoms with Crippen LogP contribution >= 0.6 is 0 Å². The third kappa shape index (κ3) is 3.69. The number of rotatable bonds is 5. The topological polar surface area (TPSA) is 32.3 Å². The molecule has 0 fully saturated rings.